The molecule has 1 aliphatic carbocycles. The van der Waals surface area contributed by atoms with Crippen molar-refractivity contribution in [3.8, 4) is 0 Å². The molecule has 18 heavy (non-hydrogen) atoms. The van der Waals surface area contributed by atoms with Gasteiger partial charge in [0.15, 0.2) is 0 Å². The highest BCUT2D eigenvalue weighted by Crippen LogP contribution is 2.29. The summed E-state index contributed by atoms with van der Waals surface area (Å²) in [6.45, 7) is 4.70. The van der Waals surface area contributed by atoms with Crippen molar-refractivity contribution in [2.24, 2.45) is 5.92 Å². The lowest BCUT2D eigenvalue weighted by atomic mass is 9.83. The molecule has 1 fully saturated rings. The molecule has 0 spiro atoms. The Kier molecular flexibility index (Phi) is 5.46. The van der Waals surface area contributed by atoms with Crippen LogP contribution in [-0.4, -0.2) is 18.1 Å². The van der Waals surface area contributed by atoms with E-state index in [9.17, 15) is 0 Å². The van der Waals surface area contributed by atoms with Gasteiger partial charge in [0.1, 0.15) is 5.82 Å². The predicted molar refractivity (Wildman–Crippen MR) is 74.6 cm³/mol. The summed E-state index contributed by atoms with van der Waals surface area (Å²) in [4.78, 5) is 4.37. The molecule has 0 atom stereocenters. The lowest BCUT2D eigenvalue weighted by Crippen LogP contribution is -2.13. The van der Waals surface area contributed by atoms with Crippen molar-refractivity contribution in [1.29, 1.82) is 0 Å². The Balaban J connectivity index is 1.62. The molecule has 1 aromatic heterocycles. The van der Waals surface area contributed by atoms with Gasteiger partial charge < -0.3 is 10.1 Å². The summed E-state index contributed by atoms with van der Waals surface area (Å²) in [6, 6.07) is 4.12. The zero-order valence-electron chi connectivity index (χ0n) is 11.3. The highest BCUT2D eigenvalue weighted by atomic mass is 16.5. The van der Waals surface area contributed by atoms with Crippen LogP contribution in [0, 0.1) is 5.92 Å². The van der Waals surface area contributed by atoms with Crippen molar-refractivity contribution in [2.45, 2.75) is 45.6 Å². The van der Waals surface area contributed by atoms with Gasteiger partial charge in [-0.15, -0.1) is 0 Å². The minimum absolute atomic E-state index is 0.688. The number of aromatic nitrogens is 1. The van der Waals surface area contributed by atoms with Gasteiger partial charge >= 0.3 is 0 Å². The molecule has 1 saturated carbocycles. The molecular weight excluding hydrogens is 224 g/mol. The highest BCUT2D eigenvalue weighted by molar-refractivity contribution is 5.35. The van der Waals surface area contributed by atoms with Crippen molar-refractivity contribution in [1.82, 2.24) is 4.98 Å². The van der Waals surface area contributed by atoms with E-state index in [0.717, 1.165) is 36.9 Å². The molecule has 0 saturated heterocycles. The molecule has 0 aliphatic heterocycles. The molecule has 0 bridgehead atoms. The summed E-state index contributed by atoms with van der Waals surface area (Å²) in [5.74, 6) is 1.89. The fourth-order valence-corrected chi connectivity index (χ4v) is 2.09. The van der Waals surface area contributed by atoms with Crippen LogP contribution in [0.1, 0.15) is 44.6 Å². The molecule has 1 aromatic rings. The Morgan fingerprint density at radius 2 is 2.28 bits per heavy atom. The van der Waals surface area contributed by atoms with E-state index < -0.39 is 0 Å². The lowest BCUT2D eigenvalue weighted by molar-refractivity contribution is 0.0948. The third-order valence-electron chi connectivity index (χ3n) is 3.54. The van der Waals surface area contributed by atoms with Crippen LogP contribution in [0.3, 0.4) is 0 Å². The second kappa shape index (κ2) is 7.37. The van der Waals surface area contributed by atoms with Gasteiger partial charge in [-0.2, -0.15) is 0 Å². The average Bonchev–Trinajstić information content (AvgIpc) is 2.35. The minimum Gasteiger partial charge on any atom is -0.377 e. The first-order chi connectivity index (χ1) is 8.88. The minimum atomic E-state index is 0.688. The molecule has 1 N–H and O–H groups in total. The van der Waals surface area contributed by atoms with Gasteiger partial charge in [0.25, 0.3) is 0 Å². The number of anilines is 1. The van der Waals surface area contributed by atoms with E-state index in [1.807, 2.05) is 12.3 Å². The number of nitrogens with zero attached hydrogens (tertiary/aromatic N) is 1. The fraction of sp³-hybridized carbons (Fsp3) is 0.667. The monoisotopic (exact) mass is 248 g/mol. The average molecular weight is 248 g/mol. The van der Waals surface area contributed by atoms with Gasteiger partial charge in [0, 0.05) is 19.3 Å². The maximum atomic E-state index is 5.69. The zero-order valence-corrected chi connectivity index (χ0v) is 11.3. The number of hydrogen-bond donors (Lipinski definition) is 1. The largest absolute Gasteiger partial charge is 0.377 e. The third-order valence-corrected chi connectivity index (χ3v) is 3.54. The molecule has 0 amide bonds. The molecular formula is C15H24N2O. The molecule has 0 aromatic carbocycles. The van der Waals surface area contributed by atoms with Gasteiger partial charge in [0.05, 0.1) is 6.61 Å². The van der Waals surface area contributed by atoms with E-state index >= 15 is 0 Å². The Hall–Kier alpha value is -1.09. The molecule has 100 valence electrons. The SMILES string of the molecule is CCCNc1ccc(COCCC2CCC2)cn1. The molecule has 3 nitrogen and oxygen atoms in total. The number of nitrogens with one attached hydrogen (secondary N) is 1. The molecule has 0 unspecified atom stereocenters. The number of ether oxygens (including phenoxy) is 1. The number of rotatable bonds is 8. The summed E-state index contributed by atoms with van der Waals surface area (Å²) >= 11 is 0. The van der Waals surface area contributed by atoms with Gasteiger partial charge in [-0.3, -0.25) is 0 Å². The highest BCUT2D eigenvalue weighted by Gasteiger charge is 2.16. The number of hydrogen-bond acceptors (Lipinski definition) is 3. The molecule has 1 aliphatic rings. The van der Waals surface area contributed by atoms with Crippen LogP contribution in [0.4, 0.5) is 5.82 Å². The standard InChI is InChI=1S/C15H24N2O/c1-2-9-16-15-7-6-14(11-17-15)12-18-10-8-13-4-3-5-13/h6-7,11,13H,2-5,8-10,12H2,1H3,(H,16,17). The first kappa shape index (κ1) is 13.3. The van der Waals surface area contributed by atoms with Crippen LogP contribution >= 0.6 is 0 Å². The lowest BCUT2D eigenvalue weighted by Gasteiger charge is -2.24. The van der Waals surface area contributed by atoms with Crippen molar-refractivity contribution in [3.05, 3.63) is 23.9 Å². The van der Waals surface area contributed by atoms with Crippen LogP contribution in [0.2, 0.25) is 0 Å². The van der Waals surface area contributed by atoms with E-state index in [-0.39, 0.29) is 0 Å². The van der Waals surface area contributed by atoms with Crippen LogP contribution in [0.15, 0.2) is 18.3 Å². The van der Waals surface area contributed by atoms with E-state index in [2.05, 4.69) is 23.3 Å². The summed E-state index contributed by atoms with van der Waals surface area (Å²) in [7, 11) is 0. The van der Waals surface area contributed by atoms with Gasteiger partial charge in [-0.25, -0.2) is 4.98 Å². The topological polar surface area (TPSA) is 34.1 Å². The van der Waals surface area contributed by atoms with Crippen molar-refractivity contribution < 1.29 is 4.74 Å². The smallest absolute Gasteiger partial charge is 0.125 e. The summed E-state index contributed by atoms with van der Waals surface area (Å²) in [6.07, 6.45) is 8.48. The summed E-state index contributed by atoms with van der Waals surface area (Å²) in [5.41, 5.74) is 1.16. The first-order valence-corrected chi connectivity index (χ1v) is 7.15. The van der Waals surface area contributed by atoms with E-state index in [1.165, 1.54) is 25.7 Å². The van der Waals surface area contributed by atoms with Crippen LogP contribution < -0.4 is 5.32 Å². The van der Waals surface area contributed by atoms with Crippen molar-refractivity contribution in [3.63, 3.8) is 0 Å². The maximum Gasteiger partial charge on any atom is 0.125 e. The van der Waals surface area contributed by atoms with Crippen LogP contribution in [0.25, 0.3) is 0 Å². The third kappa shape index (κ3) is 4.30. The van der Waals surface area contributed by atoms with Gasteiger partial charge in [0.2, 0.25) is 0 Å². The second-order valence-electron chi connectivity index (χ2n) is 5.12. The Bertz CT molecular complexity index is 333. The summed E-state index contributed by atoms with van der Waals surface area (Å²) < 4.78 is 5.69. The van der Waals surface area contributed by atoms with E-state index in [1.54, 1.807) is 0 Å². The Morgan fingerprint density at radius 1 is 1.39 bits per heavy atom. The molecule has 2 rings (SSSR count). The van der Waals surface area contributed by atoms with Gasteiger partial charge in [-0.05, 0) is 30.4 Å². The van der Waals surface area contributed by atoms with Crippen molar-refractivity contribution in [2.75, 3.05) is 18.5 Å². The fourth-order valence-electron chi connectivity index (χ4n) is 2.09. The first-order valence-electron chi connectivity index (χ1n) is 7.15. The zero-order chi connectivity index (χ0) is 12.6. The second-order valence-corrected chi connectivity index (χ2v) is 5.12. The summed E-state index contributed by atoms with van der Waals surface area (Å²) in [5, 5.41) is 3.27. The van der Waals surface area contributed by atoms with Crippen molar-refractivity contribution >= 4 is 5.82 Å². The molecule has 0 radical (unpaired) electrons. The molecule has 3 heteroatoms. The quantitative estimate of drug-likeness (QED) is 0.714. The Labute approximate surface area is 110 Å². The molecule has 1 heterocycles. The Morgan fingerprint density at radius 3 is 2.89 bits per heavy atom. The van der Waals surface area contributed by atoms with Crippen LogP contribution in [-0.2, 0) is 11.3 Å². The maximum absolute atomic E-state index is 5.69. The van der Waals surface area contributed by atoms with Gasteiger partial charge in [-0.1, -0.05) is 32.3 Å². The van der Waals surface area contributed by atoms with E-state index in [4.69, 9.17) is 4.74 Å². The normalized spacial score (nSPS) is 15.4. The number of pyridine rings is 1. The van der Waals surface area contributed by atoms with E-state index in [0.29, 0.717) is 6.61 Å². The predicted octanol–water partition coefficient (Wildman–Crippen LogP) is 3.61. The van der Waals surface area contributed by atoms with Crippen LogP contribution in [0.5, 0.6) is 0 Å².